The first-order chi connectivity index (χ1) is 13.6. The van der Waals surface area contributed by atoms with E-state index in [4.69, 9.17) is 15.2 Å². The zero-order valence-corrected chi connectivity index (χ0v) is 15.6. The molecule has 0 saturated carbocycles. The number of rotatable bonds is 11. The van der Waals surface area contributed by atoms with E-state index in [2.05, 4.69) is 5.32 Å². The molecule has 0 bridgehead atoms. The van der Waals surface area contributed by atoms with Gasteiger partial charge in [-0.3, -0.25) is 0 Å². The Morgan fingerprint density at radius 2 is 1.64 bits per heavy atom. The Morgan fingerprint density at radius 1 is 1.00 bits per heavy atom. The molecule has 2 aromatic carbocycles. The molecule has 0 heterocycles. The summed E-state index contributed by atoms with van der Waals surface area (Å²) in [5.74, 6) is -1.12. The van der Waals surface area contributed by atoms with Crippen LogP contribution in [0.4, 0.5) is 4.79 Å². The molecule has 0 aromatic heterocycles. The lowest BCUT2D eigenvalue weighted by Crippen LogP contribution is -2.41. The smallest absolute Gasteiger partial charge is 0.410 e. The van der Waals surface area contributed by atoms with Crippen LogP contribution < -0.4 is 11.1 Å². The third-order valence-electron chi connectivity index (χ3n) is 4.07. The lowest BCUT2D eigenvalue weighted by molar-refractivity contribution is -0.140. The Balaban J connectivity index is 2.00. The first kappa shape index (κ1) is 21.4. The molecule has 0 saturated heterocycles. The summed E-state index contributed by atoms with van der Waals surface area (Å²) in [6, 6.07) is 17.5. The summed E-state index contributed by atoms with van der Waals surface area (Å²) in [7, 11) is 0. The number of hydrogen-bond donors (Lipinski definition) is 3. The highest BCUT2D eigenvalue weighted by atomic mass is 16.7. The number of unbranched alkanes of at least 4 members (excludes halogenated alkanes) is 1. The van der Waals surface area contributed by atoms with Gasteiger partial charge in [0.1, 0.15) is 6.04 Å². The van der Waals surface area contributed by atoms with Crippen LogP contribution in [0.15, 0.2) is 60.7 Å². The molecule has 0 radical (unpaired) electrons. The fourth-order valence-electron chi connectivity index (χ4n) is 2.58. The number of carbonyl (C=O) groups is 2. The molecule has 28 heavy (non-hydrogen) atoms. The van der Waals surface area contributed by atoms with E-state index in [1.807, 2.05) is 48.5 Å². The van der Waals surface area contributed by atoms with E-state index < -0.39 is 24.4 Å². The number of carbonyl (C=O) groups excluding carboxylic acids is 1. The normalized spacial score (nSPS) is 12.8. The largest absolute Gasteiger partial charge is 0.480 e. The third-order valence-corrected chi connectivity index (χ3v) is 4.07. The Labute approximate surface area is 164 Å². The summed E-state index contributed by atoms with van der Waals surface area (Å²) >= 11 is 0. The number of carboxylic acid groups (broad SMARTS) is 1. The molecule has 0 spiro atoms. The van der Waals surface area contributed by atoms with Crippen molar-refractivity contribution in [3.63, 3.8) is 0 Å². The van der Waals surface area contributed by atoms with Gasteiger partial charge < -0.3 is 25.6 Å². The predicted molar refractivity (Wildman–Crippen MR) is 104 cm³/mol. The van der Waals surface area contributed by atoms with E-state index in [-0.39, 0.29) is 13.0 Å². The van der Waals surface area contributed by atoms with Gasteiger partial charge in [-0.05, 0) is 31.4 Å². The molecule has 4 N–H and O–H groups in total. The summed E-state index contributed by atoms with van der Waals surface area (Å²) in [6.07, 6.45) is -0.238. The monoisotopic (exact) mass is 386 g/mol. The van der Waals surface area contributed by atoms with E-state index in [1.165, 1.54) is 0 Å². The Hall–Kier alpha value is -2.90. The molecule has 0 aliphatic rings. The van der Waals surface area contributed by atoms with E-state index in [0.29, 0.717) is 24.9 Å². The van der Waals surface area contributed by atoms with Crippen LogP contribution in [0.5, 0.6) is 0 Å². The van der Waals surface area contributed by atoms with Gasteiger partial charge in [0.05, 0.1) is 6.61 Å². The van der Waals surface area contributed by atoms with Gasteiger partial charge in [0.25, 0.3) is 0 Å². The summed E-state index contributed by atoms with van der Waals surface area (Å²) < 4.78 is 11.2. The van der Waals surface area contributed by atoms with Crippen LogP contribution in [0.25, 0.3) is 0 Å². The molecule has 2 atom stereocenters. The topological polar surface area (TPSA) is 111 Å². The van der Waals surface area contributed by atoms with E-state index in [1.54, 1.807) is 12.1 Å². The van der Waals surface area contributed by atoms with Gasteiger partial charge in [0.2, 0.25) is 6.29 Å². The number of benzene rings is 2. The maximum Gasteiger partial charge on any atom is 0.410 e. The fourth-order valence-corrected chi connectivity index (χ4v) is 2.58. The van der Waals surface area contributed by atoms with Crippen molar-refractivity contribution in [3.05, 3.63) is 71.8 Å². The summed E-state index contributed by atoms with van der Waals surface area (Å²) in [5, 5.41) is 11.7. The van der Waals surface area contributed by atoms with Gasteiger partial charge in [-0.1, -0.05) is 60.7 Å². The van der Waals surface area contributed by atoms with Gasteiger partial charge in [0, 0.05) is 5.56 Å². The van der Waals surface area contributed by atoms with E-state index in [0.717, 1.165) is 5.56 Å². The highest BCUT2D eigenvalue weighted by Gasteiger charge is 2.23. The van der Waals surface area contributed by atoms with Crippen molar-refractivity contribution < 1.29 is 24.2 Å². The van der Waals surface area contributed by atoms with Crippen molar-refractivity contribution in [1.29, 1.82) is 0 Å². The zero-order chi connectivity index (χ0) is 20.2. The Bertz CT molecular complexity index is 724. The second kappa shape index (κ2) is 11.7. The highest BCUT2D eigenvalue weighted by Crippen LogP contribution is 2.21. The lowest BCUT2D eigenvalue weighted by Gasteiger charge is -2.21. The maximum atomic E-state index is 12.3. The molecule has 1 amide bonds. The Morgan fingerprint density at radius 3 is 2.25 bits per heavy atom. The minimum absolute atomic E-state index is 0.243. The number of hydrogen-bond acceptors (Lipinski definition) is 5. The van der Waals surface area contributed by atoms with Crippen LogP contribution in [0.3, 0.4) is 0 Å². The van der Waals surface area contributed by atoms with Crippen molar-refractivity contribution in [3.8, 4) is 0 Å². The minimum atomic E-state index is -1.12. The van der Waals surface area contributed by atoms with Crippen LogP contribution in [0.2, 0.25) is 0 Å². The highest BCUT2D eigenvalue weighted by molar-refractivity contribution is 5.79. The maximum absolute atomic E-state index is 12.3. The van der Waals surface area contributed by atoms with Crippen LogP contribution in [-0.2, 0) is 20.9 Å². The number of ether oxygens (including phenoxy) is 2. The minimum Gasteiger partial charge on any atom is -0.480 e. The van der Waals surface area contributed by atoms with Crippen molar-refractivity contribution in [2.45, 2.75) is 38.2 Å². The van der Waals surface area contributed by atoms with Crippen LogP contribution in [0.1, 0.15) is 36.7 Å². The second-order valence-corrected chi connectivity index (χ2v) is 6.26. The lowest BCUT2D eigenvalue weighted by atomic mass is 10.1. The molecule has 0 aliphatic heterocycles. The zero-order valence-electron chi connectivity index (χ0n) is 15.6. The molecule has 150 valence electrons. The fraction of sp³-hybridized carbons (Fsp3) is 0.333. The third kappa shape index (κ3) is 7.38. The molecular formula is C21H26N2O5. The van der Waals surface area contributed by atoms with Crippen LogP contribution >= 0.6 is 0 Å². The summed E-state index contributed by atoms with van der Waals surface area (Å²) in [5.41, 5.74) is 7.01. The molecule has 2 rings (SSSR count). The van der Waals surface area contributed by atoms with Crippen LogP contribution in [0, 0.1) is 0 Å². The summed E-state index contributed by atoms with van der Waals surface area (Å²) in [4.78, 5) is 23.6. The van der Waals surface area contributed by atoms with Crippen molar-refractivity contribution >= 4 is 12.1 Å². The number of amides is 1. The standard InChI is InChI=1S/C21H26N2O5/c22-14-8-7-13-18(19(24)25)23-21(26)28-20(17-11-5-2-6-12-17)27-15-16-9-3-1-4-10-16/h1-6,9-12,18,20H,7-8,13-15,22H2,(H,23,26)(H,24,25). The summed E-state index contributed by atoms with van der Waals surface area (Å²) in [6.45, 7) is 0.715. The van der Waals surface area contributed by atoms with Crippen molar-refractivity contribution in [2.75, 3.05) is 6.54 Å². The Kier molecular flexibility index (Phi) is 8.97. The van der Waals surface area contributed by atoms with Gasteiger partial charge in [0.15, 0.2) is 0 Å². The molecule has 0 aliphatic carbocycles. The molecule has 2 aromatic rings. The number of alkyl carbamates (subject to hydrolysis) is 1. The van der Waals surface area contributed by atoms with E-state index >= 15 is 0 Å². The van der Waals surface area contributed by atoms with Crippen molar-refractivity contribution in [2.24, 2.45) is 5.73 Å². The van der Waals surface area contributed by atoms with Gasteiger partial charge >= 0.3 is 12.1 Å². The number of carboxylic acids is 1. The number of aliphatic carboxylic acids is 1. The first-order valence-electron chi connectivity index (χ1n) is 9.20. The SMILES string of the molecule is NCCCCC(NC(=O)OC(OCc1ccccc1)c1ccccc1)C(=O)O. The number of nitrogens with one attached hydrogen (secondary N) is 1. The number of nitrogens with two attached hydrogens (primary N) is 1. The average molecular weight is 386 g/mol. The van der Waals surface area contributed by atoms with Gasteiger partial charge in [-0.2, -0.15) is 0 Å². The second-order valence-electron chi connectivity index (χ2n) is 6.26. The molecule has 0 fully saturated rings. The molecule has 2 unspecified atom stereocenters. The van der Waals surface area contributed by atoms with Crippen LogP contribution in [-0.4, -0.2) is 29.8 Å². The predicted octanol–water partition coefficient (Wildman–Crippen LogP) is 3.21. The molecule has 7 heteroatoms. The van der Waals surface area contributed by atoms with Gasteiger partial charge in [-0.25, -0.2) is 9.59 Å². The van der Waals surface area contributed by atoms with E-state index in [9.17, 15) is 14.7 Å². The van der Waals surface area contributed by atoms with Gasteiger partial charge in [-0.15, -0.1) is 0 Å². The molecular weight excluding hydrogens is 360 g/mol. The molecule has 7 nitrogen and oxygen atoms in total. The average Bonchev–Trinajstić information content (AvgIpc) is 2.71. The first-order valence-corrected chi connectivity index (χ1v) is 9.20. The quantitative estimate of drug-likeness (QED) is 0.404. The van der Waals surface area contributed by atoms with Crippen molar-refractivity contribution in [1.82, 2.24) is 5.32 Å².